The third-order valence-electron chi connectivity index (χ3n) is 5.03. The summed E-state index contributed by atoms with van der Waals surface area (Å²) in [6, 6.07) is 9.03. The summed E-state index contributed by atoms with van der Waals surface area (Å²) in [5.74, 6) is -1.07. The van der Waals surface area contributed by atoms with E-state index in [1.54, 1.807) is 33.8 Å². The molecule has 1 amide bonds. The van der Waals surface area contributed by atoms with Crippen LogP contribution < -0.4 is 0 Å². The minimum absolute atomic E-state index is 0.0901. The lowest BCUT2D eigenvalue weighted by molar-refractivity contribution is -0.151. The number of pyridine rings is 1. The number of hydrogen-bond acceptors (Lipinski definition) is 4. The lowest BCUT2D eigenvalue weighted by atomic mass is 9.96. The van der Waals surface area contributed by atoms with E-state index in [0.29, 0.717) is 42.2 Å². The van der Waals surface area contributed by atoms with Gasteiger partial charge in [-0.3, -0.25) is 9.59 Å². The molecule has 2 aromatic heterocycles. The molecular weight excluding hydrogens is 397 g/mol. The number of rotatable bonds is 4. The Balaban J connectivity index is 1.29. The molecule has 29 heavy (non-hydrogen) atoms. The molecule has 0 spiro atoms. The van der Waals surface area contributed by atoms with Gasteiger partial charge in [0.1, 0.15) is 18.1 Å². The number of carbonyl (C=O) groups is 2. The van der Waals surface area contributed by atoms with Gasteiger partial charge < -0.3 is 14.0 Å². The highest BCUT2D eigenvalue weighted by molar-refractivity contribution is 6.30. The van der Waals surface area contributed by atoms with Crippen molar-refractivity contribution in [3.63, 3.8) is 0 Å². The molecule has 150 valence electrons. The number of imidazole rings is 1. The van der Waals surface area contributed by atoms with Crippen LogP contribution in [-0.4, -0.2) is 39.3 Å². The molecule has 3 heterocycles. The van der Waals surface area contributed by atoms with Gasteiger partial charge in [0.25, 0.3) is 5.91 Å². The maximum Gasteiger partial charge on any atom is 0.309 e. The van der Waals surface area contributed by atoms with Gasteiger partial charge in [-0.15, -0.1) is 0 Å². The molecule has 1 fully saturated rings. The van der Waals surface area contributed by atoms with Crippen LogP contribution in [-0.2, 0) is 16.1 Å². The molecule has 0 N–H and O–H groups in total. The van der Waals surface area contributed by atoms with Crippen molar-refractivity contribution in [2.24, 2.45) is 5.92 Å². The van der Waals surface area contributed by atoms with E-state index in [0.717, 1.165) is 5.65 Å². The Morgan fingerprint density at radius 1 is 1.10 bits per heavy atom. The average Bonchev–Trinajstić information content (AvgIpc) is 3.14. The van der Waals surface area contributed by atoms with Crippen LogP contribution in [0.1, 0.15) is 28.9 Å². The third-order valence-corrected chi connectivity index (χ3v) is 5.26. The second-order valence-electron chi connectivity index (χ2n) is 7.03. The molecular formula is C21H19ClFN3O3. The number of esters is 1. The molecule has 0 unspecified atom stereocenters. The van der Waals surface area contributed by atoms with E-state index in [-0.39, 0.29) is 30.2 Å². The van der Waals surface area contributed by atoms with Crippen molar-refractivity contribution in [2.45, 2.75) is 19.4 Å². The topological polar surface area (TPSA) is 63.9 Å². The molecule has 0 atom stereocenters. The van der Waals surface area contributed by atoms with Crippen LogP contribution in [0.4, 0.5) is 4.39 Å². The second kappa shape index (κ2) is 8.21. The summed E-state index contributed by atoms with van der Waals surface area (Å²) in [7, 11) is 0. The van der Waals surface area contributed by atoms with Crippen LogP contribution in [0.15, 0.2) is 48.8 Å². The number of amides is 1. The molecule has 0 saturated carbocycles. The number of nitrogens with zero attached hydrogens (tertiary/aromatic N) is 3. The van der Waals surface area contributed by atoms with Gasteiger partial charge in [0, 0.05) is 31.0 Å². The summed E-state index contributed by atoms with van der Waals surface area (Å²) in [5, 5.41) is 0.598. The maximum atomic E-state index is 13.0. The number of hydrogen-bond donors (Lipinski definition) is 0. The van der Waals surface area contributed by atoms with E-state index in [2.05, 4.69) is 4.98 Å². The smallest absolute Gasteiger partial charge is 0.309 e. The summed E-state index contributed by atoms with van der Waals surface area (Å²) >= 11 is 5.96. The zero-order valence-electron chi connectivity index (χ0n) is 15.6. The normalized spacial score (nSPS) is 14.9. The van der Waals surface area contributed by atoms with Gasteiger partial charge in [-0.25, -0.2) is 9.37 Å². The van der Waals surface area contributed by atoms with Crippen molar-refractivity contribution in [1.82, 2.24) is 14.3 Å². The number of likely N-dealkylation sites (tertiary alicyclic amines) is 1. The van der Waals surface area contributed by atoms with Crippen molar-refractivity contribution in [1.29, 1.82) is 0 Å². The minimum atomic E-state index is -0.378. The van der Waals surface area contributed by atoms with Gasteiger partial charge in [0.2, 0.25) is 0 Å². The molecule has 4 rings (SSSR count). The third kappa shape index (κ3) is 4.40. The highest BCUT2D eigenvalue weighted by atomic mass is 35.5. The van der Waals surface area contributed by atoms with Crippen molar-refractivity contribution in [3.8, 4) is 0 Å². The Kier molecular flexibility index (Phi) is 5.49. The standard InChI is InChI=1S/C21H19ClFN3O3/c22-16-3-6-19-24-18(12-26(19)11-16)13-29-21(28)15-7-9-25(10-8-15)20(27)14-1-4-17(23)5-2-14/h1-6,11-12,15H,7-10,13H2. The van der Waals surface area contributed by atoms with Crippen LogP contribution in [0.2, 0.25) is 5.02 Å². The molecule has 0 aliphatic carbocycles. The van der Waals surface area contributed by atoms with Gasteiger partial charge >= 0.3 is 5.97 Å². The Hall–Kier alpha value is -2.93. The molecule has 1 aromatic carbocycles. The Morgan fingerprint density at radius 2 is 1.83 bits per heavy atom. The number of piperidine rings is 1. The van der Waals surface area contributed by atoms with E-state index in [1.165, 1.54) is 24.3 Å². The first kappa shape index (κ1) is 19.4. The molecule has 6 nitrogen and oxygen atoms in total. The fourth-order valence-corrected chi connectivity index (χ4v) is 3.61. The van der Waals surface area contributed by atoms with E-state index in [9.17, 15) is 14.0 Å². The van der Waals surface area contributed by atoms with Crippen LogP contribution in [0.25, 0.3) is 5.65 Å². The SMILES string of the molecule is O=C(OCc1cn2cc(Cl)ccc2n1)C1CCN(C(=O)c2ccc(F)cc2)CC1. The van der Waals surface area contributed by atoms with Crippen molar-refractivity contribution in [3.05, 3.63) is 70.9 Å². The quantitative estimate of drug-likeness (QED) is 0.609. The predicted molar refractivity (Wildman–Crippen MR) is 105 cm³/mol. The van der Waals surface area contributed by atoms with Crippen molar-refractivity contribution in [2.75, 3.05) is 13.1 Å². The number of carbonyl (C=O) groups excluding carboxylic acids is 2. The molecule has 0 bridgehead atoms. The zero-order valence-corrected chi connectivity index (χ0v) is 16.3. The first-order chi connectivity index (χ1) is 14.0. The Morgan fingerprint density at radius 3 is 2.55 bits per heavy atom. The number of halogens is 2. The van der Waals surface area contributed by atoms with Crippen molar-refractivity contribution >= 4 is 29.1 Å². The van der Waals surface area contributed by atoms with E-state index >= 15 is 0 Å². The van der Waals surface area contributed by atoms with Crippen LogP contribution in [0.3, 0.4) is 0 Å². The number of ether oxygens (including phenoxy) is 1. The molecule has 3 aromatic rings. The molecule has 1 aliphatic rings. The fourth-order valence-electron chi connectivity index (χ4n) is 3.44. The average molecular weight is 416 g/mol. The molecule has 1 saturated heterocycles. The lowest BCUT2D eigenvalue weighted by Crippen LogP contribution is -2.40. The Labute approximate surface area is 171 Å². The van der Waals surface area contributed by atoms with Gasteiger partial charge in [0.05, 0.1) is 16.6 Å². The first-order valence-corrected chi connectivity index (χ1v) is 9.72. The highest BCUT2D eigenvalue weighted by Crippen LogP contribution is 2.21. The molecule has 8 heteroatoms. The summed E-state index contributed by atoms with van der Waals surface area (Å²) in [4.78, 5) is 31.0. The molecule has 1 aliphatic heterocycles. The number of aromatic nitrogens is 2. The van der Waals surface area contributed by atoms with E-state index in [1.807, 2.05) is 0 Å². The summed E-state index contributed by atoms with van der Waals surface area (Å²) in [6.45, 7) is 1.01. The maximum absolute atomic E-state index is 13.0. The van der Waals surface area contributed by atoms with Gasteiger partial charge in [0.15, 0.2) is 0 Å². The monoisotopic (exact) mass is 415 g/mol. The van der Waals surface area contributed by atoms with Crippen LogP contribution in [0, 0.1) is 11.7 Å². The van der Waals surface area contributed by atoms with E-state index in [4.69, 9.17) is 16.3 Å². The summed E-state index contributed by atoms with van der Waals surface area (Å²) in [5.41, 5.74) is 1.82. The van der Waals surface area contributed by atoms with E-state index < -0.39 is 0 Å². The predicted octanol–water partition coefficient (Wildman–Crippen LogP) is 3.72. The van der Waals surface area contributed by atoms with Crippen molar-refractivity contribution < 1.29 is 18.7 Å². The highest BCUT2D eigenvalue weighted by Gasteiger charge is 2.29. The summed E-state index contributed by atoms with van der Waals surface area (Å²) in [6.07, 6.45) is 4.58. The van der Waals surface area contributed by atoms with Gasteiger partial charge in [-0.1, -0.05) is 11.6 Å². The summed E-state index contributed by atoms with van der Waals surface area (Å²) < 4.78 is 20.2. The largest absolute Gasteiger partial charge is 0.459 e. The number of benzene rings is 1. The van der Waals surface area contributed by atoms with Gasteiger partial charge in [-0.05, 0) is 49.2 Å². The van der Waals surface area contributed by atoms with Crippen LogP contribution >= 0.6 is 11.6 Å². The first-order valence-electron chi connectivity index (χ1n) is 9.34. The second-order valence-corrected chi connectivity index (χ2v) is 7.46. The Bertz CT molecular complexity index is 1040. The molecule has 0 radical (unpaired) electrons. The minimum Gasteiger partial charge on any atom is -0.459 e. The van der Waals surface area contributed by atoms with Crippen LogP contribution in [0.5, 0.6) is 0 Å². The fraction of sp³-hybridized carbons (Fsp3) is 0.286. The zero-order chi connectivity index (χ0) is 20.4. The number of fused-ring (bicyclic) bond motifs is 1. The van der Waals surface area contributed by atoms with Gasteiger partial charge in [-0.2, -0.15) is 0 Å². The lowest BCUT2D eigenvalue weighted by Gasteiger charge is -2.31.